The maximum absolute atomic E-state index is 11.9. The van der Waals surface area contributed by atoms with Crippen LogP contribution in [0.25, 0.3) is 0 Å². The molecular formula is C9H14ClNO3S3. The zero-order chi connectivity index (χ0) is 13.1. The van der Waals surface area contributed by atoms with Gasteiger partial charge < -0.3 is 5.11 Å². The summed E-state index contributed by atoms with van der Waals surface area (Å²) in [6.45, 7) is 1.65. The van der Waals surface area contributed by atoms with E-state index >= 15 is 0 Å². The fourth-order valence-electron chi connectivity index (χ4n) is 1.26. The normalized spacial score (nSPS) is 15.8. The molecule has 0 amide bonds. The van der Waals surface area contributed by atoms with E-state index in [1.807, 2.05) is 6.26 Å². The van der Waals surface area contributed by atoms with Gasteiger partial charge in [0, 0.05) is 11.3 Å². The number of aliphatic hydroxyl groups is 1. The molecule has 0 aliphatic carbocycles. The summed E-state index contributed by atoms with van der Waals surface area (Å²) < 4.78 is 27.0. The van der Waals surface area contributed by atoms with Crippen molar-refractivity contribution in [2.24, 2.45) is 0 Å². The summed E-state index contributed by atoms with van der Waals surface area (Å²) in [6, 6.07) is 2.67. The van der Waals surface area contributed by atoms with Crippen molar-refractivity contribution >= 4 is 44.7 Å². The van der Waals surface area contributed by atoms with Crippen molar-refractivity contribution in [3.05, 3.63) is 16.5 Å². The zero-order valence-corrected chi connectivity index (χ0v) is 12.6. The molecule has 0 fully saturated rings. The Morgan fingerprint density at radius 3 is 2.65 bits per heavy atom. The van der Waals surface area contributed by atoms with Gasteiger partial charge in [-0.15, -0.1) is 11.3 Å². The number of nitrogens with one attached hydrogen (secondary N) is 1. The van der Waals surface area contributed by atoms with E-state index in [0.29, 0.717) is 4.34 Å². The summed E-state index contributed by atoms with van der Waals surface area (Å²) in [5, 5.41) is 8.93. The number of hydrogen-bond donors (Lipinski definition) is 2. The SMILES string of the molecule is CSC(CO)C(C)NS(=O)(=O)c1ccc(Cl)s1. The molecule has 8 heteroatoms. The summed E-state index contributed by atoms with van der Waals surface area (Å²) in [6.07, 6.45) is 1.83. The number of thiophene rings is 1. The van der Waals surface area contributed by atoms with Gasteiger partial charge in [0.05, 0.1) is 10.9 Å². The van der Waals surface area contributed by atoms with Crippen LogP contribution in [-0.4, -0.2) is 37.7 Å². The van der Waals surface area contributed by atoms with E-state index in [4.69, 9.17) is 16.7 Å². The molecule has 0 aliphatic heterocycles. The van der Waals surface area contributed by atoms with Gasteiger partial charge in [0.1, 0.15) is 4.21 Å². The van der Waals surface area contributed by atoms with Gasteiger partial charge in [-0.1, -0.05) is 11.6 Å². The van der Waals surface area contributed by atoms with Gasteiger partial charge in [0.15, 0.2) is 0 Å². The van der Waals surface area contributed by atoms with E-state index in [0.717, 1.165) is 11.3 Å². The first-order valence-corrected chi connectivity index (χ1v) is 8.78. The fraction of sp³-hybridized carbons (Fsp3) is 0.556. The monoisotopic (exact) mass is 315 g/mol. The van der Waals surface area contributed by atoms with Crippen molar-refractivity contribution in [2.45, 2.75) is 22.4 Å². The summed E-state index contributed by atoms with van der Waals surface area (Å²) in [7, 11) is -3.54. The van der Waals surface area contributed by atoms with Crippen LogP contribution in [-0.2, 0) is 10.0 Å². The molecule has 0 saturated carbocycles. The number of thioether (sulfide) groups is 1. The van der Waals surface area contributed by atoms with Crippen molar-refractivity contribution in [3.8, 4) is 0 Å². The molecule has 2 unspecified atom stereocenters. The van der Waals surface area contributed by atoms with Gasteiger partial charge in [0.2, 0.25) is 10.0 Å². The van der Waals surface area contributed by atoms with Crippen molar-refractivity contribution in [1.82, 2.24) is 4.72 Å². The molecule has 0 radical (unpaired) electrons. The molecule has 1 aromatic heterocycles. The first kappa shape index (κ1) is 15.3. The average Bonchev–Trinajstić information content (AvgIpc) is 2.66. The third kappa shape index (κ3) is 4.11. The highest BCUT2D eigenvalue weighted by Gasteiger charge is 2.23. The van der Waals surface area contributed by atoms with Gasteiger partial charge >= 0.3 is 0 Å². The van der Waals surface area contributed by atoms with E-state index in [-0.39, 0.29) is 22.1 Å². The van der Waals surface area contributed by atoms with Crippen molar-refractivity contribution in [2.75, 3.05) is 12.9 Å². The van der Waals surface area contributed by atoms with Crippen LogP contribution in [0.4, 0.5) is 0 Å². The maximum Gasteiger partial charge on any atom is 0.250 e. The van der Waals surface area contributed by atoms with Crippen LogP contribution in [0.3, 0.4) is 0 Å². The van der Waals surface area contributed by atoms with Crippen molar-refractivity contribution < 1.29 is 13.5 Å². The Kier molecular flexibility index (Phi) is 5.75. The predicted octanol–water partition coefficient (Wildman–Crippen LogP) is 1.79. The maximum atomic E-state index is 11.9. The fourth-order valence-corrected chi connectivity index (χ4v) is 4.75. The minimum absolute atomic E-state index is 0.0734. The lowest BCUT2D eigenvalue weighted by Gasteiger charge is -2.20. The molecule has 2 atom stereocenters. The first-order valence-electron chi connectivity index (χ1n) is 4.82. The molecule has 0 aliphatic rings. The van der Waals surface area contributed by atoms with Crippen LogP contribution in [0.1, 0.15) is 6.92 Å². The number of aliphatic hydroxyl groups excluding tert-OH is 1. The van der Waals surface area contributed by atoms with Gasteiger partial charge in [-0.05, 0) is 25.3 Å². The Labute approximate surface area is 114 Å². The third-order valence-electron chi connectivity index (χ3n) is 2.19. The molecule has 1 aromatic rings. The van der Waals surface area contributed by atoms with Crippen LogP contribution in [0.15, 0.2) is 16.3 Å². The number of rotatable bonds is 6. The molecule has 17 heavy (non-hydrogen) atoms. The van der Waals surface area contributed by atoms with Gasteiger partial charge in [-0.3, -0.25) is 0 Å². The Morgan fingerprint density at radius 2 is 2.24 bits per heavy atom. The summed E-state index contributed by atoms with van der Waals surface area (Å²) >= 11 is 8.13. The lowest BCUT2D eigenvalue weighted by atomic mass is 10.3. The summed E-state index contributed by atoms with van der Waals surface area (Å²) in [4.78, 5) is 0. The smallest absolute Gasteiger partial charge is 0.250 e. The molecule has 0 bridgehead atoms. The lowest BCUT2D eigenvalue weighted by Crippen LogP contribution is -2.40. The standard InChI is InChI=1S/C9H14ClNO3S3/c1-6(7(5-12)15-2)11-17(13,14)9-4-3-8(10)16-9/h3-4,6-7,11-12H,5H2,1-2H3. The molecule has 2 N–H and O–H groups in total. The number of sulfonamides is 1. The minimum atomic E-state index is -3.54. The van der Waals surface area contributed by atoms with Crippen LogP contribution >= 0.6 is 34.7 Å². The van der Waals surface area contributed by atoms with Gasteiger partial charge in [0.25, 0.3) is 0 Å². The molecule has 98 valence electrons. The van der Waals surface area contributed by atoms with Crippen LogP contribution in [0.5, 0.6) is 0 Å². The third-order valence-corrected chi connectivity index (χ3v) is 6.64. The molecule has 1 heterocycles. The Morgan fingerprint density at radius 1 is 1.59 bits per heavy atom. The largest absolute Gasteiger partial charge is 0.395 e. The van der Waals surface area contributed by atoms with Gasteiger partial charge in [-0.25, -0.2) is 13.1 Å². The Bertz CT molecular complexity index is 456. The lowest BCUT2D eigenvalue weighted by molar-refractivity contribution is 0.282. The van der Waals surface area contributed by atoms with E-state index in [2.05, 4.69) is 4.72 Å². The second-order valence-corrected chi connectivity index (χ2v) is 8.16. The highest BCUT2D eigenvalue weighted by atomic mass is 35.5. The van der Waals surface area contributed by atoms with Crippen LogP contribution in [0.2, 0.25) is 4.34 Å². The molecule has 0 saturated heterocycles. The first-order chi connectivity index (χ1) is 7.90. The quantitative estimate of drug-likeness (QED) is 0.840. The van der Waals surface area contributed by atoms with Crippen LogP contribution in [0, 0.1) is 0 Å². The van der Waals surface area contributed by atoms with Gasteiger partial charge in [-0.2, -0.15) is 11.8 Å². The van der Waals surface area contributed by atoms with Crippen molar-refractivity contribution in [1.29, 1.82) is 0 Å². The second kappa shape index (κ2) is 6.40. The number of hydrogen-bond acceptors (Lipinski definition) is 5. The highest BCUT2D eigenvalue weighted by molar-refractivity contribution is 7.99. The van der Waals surface area contributed by atoms with E-state index < -0.39 is 10.0 Å². The van der Waals surface area contributed by atoms with Crippen LogP contribution < -0.4 is 4.72 Å². The summed E-state index contributed by atoms with van der Waals surface area (Å²) in [5.41, 5.74) is 0. The number of halogens is 1. The van der Waals surface area contributed by atoms with Crippen molar-refractivity contribution in [3.63, 3.8) is 0 Å². The molecular weight excluding hydrogens is 302 g/mol. The zero-order valence-electron chi connectivity index (χ0n) is 9.38. The molecule has 0 aromatic carbocycles. The molecule has 1 rings (SSSR count). The molecule has 0 spiro atoms. The topological polar surface area (TPSA) is 66.4 Å². The molecule has 4 nitrogen and oxygen atoms in total. The second-order valence-electron chi connectivity index (χ2n) is 3.43. The van der Waals surface area contributed by atoms with E-state index in [1.54, 1.807) is 13.0 Å². The Hall–Kier alpha value is 0.210. The predicted molar refractivity (Wildman–Crippen MR) is 73.5 cm³/mol. The van der Waals surface area contributed by atoms with E-state index in [9.17, 15) is 8.42 Å². The van der Waals surface area contributed by atoms with E-state index in [1.165, 1.54) is 17.8 Å². The average molecular weight is 316 g/mol. The Balaban J connectivity index is 2.80. The minimum Gasteiger partial charge on any atom is -0.395 e. The highest BCUT2D eigenvalue weighted by Crippen LogP contribution is 2.26. The summed E-state index contributed by atoms with van der Waals surface area (Å²) in [5.74, 6) is 0.